The molecule has 0 heterocycles. The summed E-state index contributed by atoms with van der Waals surface area (Å²) in [7, 11) is 0. The molecule has 7 rings (SSSR count). The van der Waals surface area contributed by atoms with Gasteiger partial charge in [-0.3, -0.25) is 0 Å². The number of hydrogen-bond donors (Lipinski definition) is 0. The second-order valence-corrected chi connectivity index (χ2v) is 18.4. The smallest absolute Gasteiger partial charge is 0.0813 e. The third-order valence-corrected chi connectivity index (χ3v) is 16.0. The predicted octanol–water partition coefficient (Wildman–Crippen LogP) is 9.77. The molecule has 3 fully saturated rings. The molecule has 1 aromatic carbocycles. The molecule has 3 saturated carbocycles. The maximum absolute atomic E-state index is 7.18. The first-order chi connectivity index (χ1) is 18.1. The second kappa shape index (κ2) is 9.05. The number of fused-ring (bicyclic) bond motifs is 6. The molecule has 39 heavy (non-hydrogen) atoms. The Hall–Kier alpha value is 1.05. The van der Waals surface area contributed by atoms with E-state index in [1.165, 1.54) is 16.7 Å². The van der Waals surface area contributed by atoms with Crippen molar-refractivity contribution in [2.45, 2.75) is 83.9 Å². The van der Waals surface area contributed by atoms with Crippen molar-refractivity contribution in [2.75, 3.05) is 0 Å². The third-order valence-electron chi connectivity index (χ3n) is 10.5. The summed E-state index contributed by atoms with van der Waals surface area (Å²) in [6.07, 6.45) is 15.9. The first-order valence-electron chi connectivity index (χ1n) is 13.4. The fourth-order valence-corrected chi connectivity index (χ4v) is 12.9. The van der Waals surface area contributed by atoms with Crippen LogP contribution < -0.4 is 0 Å². The van der Waals surface area contributed by atoms with Gasteiger partial charge in [0.15, 0.2) is 0 Å². The summed E-state index contributed by atoms with van der Waals surface area (Å²) in [6, 6.07) is 6.43. The van der Waals surface area contributed by atoms with Gasteiger partial charge in [0.05, 0.1) is 45.4 Å². The molecule has 0 nitrogen and oxygen atoms in total. The highest BCUT2D eigenvalue weighted by atomic mass is 35.5. The van der Waals surface area contributed by atoms with E-state index < -0.39 is 29.2 Å². The van der Waals surface area contributed by atoms with Crippen LogP contribution in [-0.4, -0.2) is 45.4 Å². The number of benzene rings is 1. The summed E-state index contributed by atoms with van der Waals surface area (Å²) < 4.78 is 0. The topological polar surface area (TPSA) is 0 Å². The van der Waals surface area contributed by atoms with Crippen LogP contribution in [0, 0.1) is 17.8 Å². The van der Waals surface area contributed by atoms with Gasteiger partial charge < -0.3 is 0 Å². The molecule has 1 aromatic rings. The highest BCUT2D eigenvalue weighted by Crippen LogP contribution is 2.62. The molecule has 0 amide bonds. The van der Waals surface area contributed by atoms with E-state index in [0.29, 0.717) is 38.5 Å². The first-order valence-corrected chi connectivity index (χ1v) is 17.0. The molecule has 6 aliphatic carbocycles. The Labute approximate surface area is 275 Å². The van der Waals surface area contributed by atoms with Crippen LogP contribution in [0.4, 0.5) is 0 Å². The largest absolute Gasteiger partial charge is 0.120 e. The van der Waals surface area contributed by atoms with Crippen LogP contribution in [0.1, 0.15) is 36.0 Å². The molecule has 0 N–H and O–H groups in total. The van der Waals surface area contributed by atoms with Crippen LogP contribution in [0.15, 0.2) is 54.7 Å². The Morgan fingerprint density at radius 1 is 0.487 bits per heavy atom. The Bertz CT molecular complexity index is 1250. The maximum Gasteiger partial charge on any atom is 0.0813 e. The van der Waals surface area contributed by atoms with Crippen molar-refractivity contribution < 1.29 is 0 Å². The van der Waals surface area contributed by atoms with Crippen LogP contribution in [0.2, 0.25) is 0 Å². The van der Waals surface area contributed by atoms with E-state index in [1.807, 2.05) is 36.5 Å². The number of hydrogen-bond acceptors (Lipinski definition) is 0. The van der Waals surface area contributed by atoms with Crippen LogP contribution in [0.25, 0.3) is 0 Å². The Morgan fingerprint density at radius 2 is 0.795 bits per heavy atom. The molecule has 0 spiro atoms. The van der Waals surface area contributed by atoms with Gasteiger partial charge in [-0.1, -0.05) is 54.7 Å². The zero-order chi connectivity index (χ0) is 27.8. The molecule has 6 bridgehead atoms. The van der Waals surface area contributed by atoms with E-state index in [9.17, 15) is 0 Å². The number of rotatable bonds is 6. The van der Waals surface area contributed by atoms with Crippen LogP contribution in [-0.2, 0) is 19.3 Å². The summed E-state index contributed by atoms with van der Waals surface area (Å²) in [5, 5.41) is -0.851. The average Bonchev–Trinajstić information content (AvgIpc) is 3.61. The molecule has 12 atom stereocenters. The van der Waals surface area contributed by atoms with E-state index in [2.05, 4.69) is 18.2 Å². The summed E-state index contributed by atoms with van der Waals surface area (Å²) in [5.74, 6) is -0.0921. The zero-order valence-corrected chi connectivity index (χ0v) is 27.6. The van der Waals surface area contributed by atoms with Gasteiger partial charge in [-0.25, -0.2) is 0 Å². The fourth-order valence-electron chi connectivity index (χ4n) is 8.34. The first kappa shape index (κ1) is 28.8. The van der Waals surface area contributed by atoms with Crippen LogP contribution >= 0.6 is 104 Å². The van der Waals surface area contributed by atoms with Gasteiger partial charge in [-0.15, -0.1) is 104 Å². The predicted molar refractivity (Wildman–Crippen MR) is 170 cm³/mol. The number of alkyl halides is 9. The third kappa shape index (κ3) is 4.12. The fraction of sp³-hybridized carbons (Fsp3) is 0.600. The van der Waals surface area contributed by atoms with E-state index in [0.717, 1.165) is 0 Å². The van der Waals surface area contributed by atoms with Crippen molar-refractivity contribution >= 4 is 104 Å². The number of allylic oxidation sites excluding steroid dienone is 6. The van der Waals surface area contributed by atoms with Crippen LogP contribution in [0.5, 0.6) is 0 Å². The molecule has 0 radical (unpaired) electrons. The molecule has 12 unspecified atom stereocenters. The minimum absolute atomic E-state index is 0.0231. The summed E-state index contributed by atoms with van der Waals surface area (Å²) in [6.45, 7) is 0. The van der Waals surface area contributed by atoms with Gasteiger partial charge in [0.25, 0.3) is 0 Å². The van der Waals surface area contributed by atoms with Gasteiger partial charge in [-0.05, 0) is 55.2 Å². The van der Waals surface area contributed by atoms with Crippen LogP contribution in [0.3, 0.4) is 0 Å². The minimum atomic E-state index is -0.632. The van der Waals surface area contributed by atoms with Crippen molar-refractivity contribution in [3.05, 3.63) is 71.3 Å². The van der Waals surface area contributed by atoms with Crippen molar-refractivity contribution in [2.24, 2.45) is 17.8 Å². The van der Waals surface area contributed by atoms with Gasteiger partial charge in [-0.2, -0.15) is 0 Å². The molecule has 0 saturated heterocycles. The Morgan fingerprint density at radius 3 is 1.10 bits per heavy atom. The lowest BCUT2D eigenvalue weighted by molar-refractivity contribution is 0.450. The summed E-state index contributed by atoms with van der Waals surface area (Å²) >= 11 is 63.1. The maximum atomic E-state index is 7.18. The normalized spacial score (nSPS) is 54.1. The van der Waals surface area contributed by atoms with Gasteiger partial charge in [0, 0.05) is 17.8 Å². The molecular weight excluding hydrogens is 679 g/mol. The molecule has 0 aromatic heterocycles. The van der Waals surface area contributed by atoms with E-state index in [4.69, 9.17) is 104 Å². The molecule has 9 heteroatoms. The van der Waals surface area contributed by atoms with Crippen molar-refractivity contribution in [1.29, 1.82) is 0 Å². The van der Waals surface area contributed by atoms with Gasteiger partial charge >= 0.3 is 0 Å². The highest BCUT2D eigenvalue weighted by Gasteiger charge is 2.64. The highest BCUT2D eigenvalue weighted by molar-refractivity contribution is 6.39. The monoisotopic (exact) mass is 702 g/mol. The average molecular weight is 707 g/mol. The van der Waals surface area contributed by atoms with Crippen molar-refractivity contribution in [3.8, 4) is 0 Å². The molecule has 0 aliphatic heterocycles. The lowest BCUT2D eigenvalue weighted by atomic mass is 9.77. The lowest BCUT2D eigenvalue weighted by Gasteiger charge is -2.35. The standard InChI is InChI=1S/C30H27Cl9/c31-22-19(25(34)4-7-28(22,37)13-25)10-16-2-1-3-17(11-20-23(32)29(38)8-5-26(20,35)14-29)18(16)12-21-24(33)30(39)9-6-27(21,36)15-30/h1-9,19-24H,10-15H2. The lowest BCUT2D eigenvalue weighted by Crippen LogP contribution is -2.38. The van der Waals surface area contributed by atoms with E-state index >= 15 is 0 Å². The number of halogens is 9. The summed E-state index contributed by atoms with van der Waals surface area (Å²) in [4.78, 5) is -3.59. The van der Waals surface area contributed by atoms with Gasteiger partial charge in [0.1, 0.15) is 0 Å². The quantitative estimate of drug-likeness (QED) is 0.204. The minimum Gasteiger partial charge on any atom is -0.120 e. The second-order valence-electron chi connectivity index (χ2n) is 12.8. The molecule has 210 valence electrons. The zero-order valence-electron chi connectivity index (χ0n) is 20.8. The SMILES string of the molecule is ClC1C(Cc2cccc(CC3C(Cl)C4(Cl)C=CC3(Cl)C4)c2CC2C(Cl)C3(Cl)C=CC2(Cl)C3)C2(Cl)C=CC1(Cl)C2. The van der Waals surface area contributed by atoms with Crippen molar-refractivity contribution in [3.63, 3.8) is 0 Å². The van der Waals surface area contributed by atoms with Gasteiger partial charge in [0.2, 0.25) is 0 Å². The Kier molecular flexibility index (Phi) is 6.68. The molecular formula is C30H27Cl9. The molecule has 6 aliphatic rings. The Balaban J connectivity index is 1.27. The van der Waals surface area contributed by atoms with Crippen molar-refractivity contribution in [1.82, 2.24) is 0 Å². The van der Waals surface area contributed by atoms with E-state index in [-0.39, 0.29) is 33.9 Å². The van der Waals surface area contributed by atoms with E-state index in [1.54, 1.807) is 0 Å². The summed E-state index contributed by atoms with van der Waals surface area (Å²) in [5.41, 5.74) is 3.56.